The Morgan fingerprint density at radius 1 is 1.03 bits per heavy atom. The second-order valence-electron chi connectivity index (χ2n) is 8.78. The van der Waals surface area contributed by atoms with E-state index in [4.69, 9.17) is 0 Å². The second-order valence-corrected chi connectivity index (χ2v) is 8.78. The van der Waals surface area contributed by atoms with Crippen LogP contribution in [0.5, 0.6) is 0 Å². The number of piperazine rings is 1. The number of rotatable bonds is 4. The molecule has 2 aromatic carbocycles. The van der Waals surface area contributed by atoms with Crippen LogP contribution in [0, 0.1) is 0 Å². The molecule has 1 aromatic heterocycles. The lowest BCUT2D eigenvalue weighted by atomic mass is 9.78. The zero-order valence-electron chi connectivity index (χ0n) is 17.7. The zero-order chi connectivity index (χ0) is 21.6. The number of aliphatic hydroxyl groups excluding tert-OH is 1. The SMILES string of the molecule is Cn1ncc2ccc(-c3ccc(C(=O)N4CCN(C(O)C5(O)CCC5)CC4)cc3)cc21. The summed E-state index contributed by atoms with van der Waals surface area (Å²) in [6, 6.07) is 14.0. The van der Waals surface area contributed by atoms with E-state index in [1.165, 1.54) is 0 Å². The number of nitrogens with zero attached hydrogens (tertiary/aromatic N) is 4. The lowest BCUT2D eigenvalue weighted by Crippen LogP contribution is -2.61. The van der Waals surface area contributed by atoms with Crippen LogP contribution >= 0.6 is 0 Å². The number of benzene rings is 2. The highest BCUT2D eigenvalue weighted by Gasteiger charge is 2.45. The highest BCUT2D eigenvalue weighted by molar-refractivity contribution is 5.95. The van der Waals surface area contributed by atoms with E-state index in [0.717, 1.165) is 28.5 Å². The first-order valence-corrected chi connectivity index (χ1v) is 10.9. The van der Waals surface area contributed by atoms with Crippen molar-refractivity contribution in [2.75, 3.05) is 26.2 Å². The van der Waals surface area contributed by atoms with E-state index < -0.39 is 11.8 Å². The molecule has 7 nitrogen and oxygen atoms in total. The summed E-state index contributed by atoms with van der Waals surface area (Å²) < 4.78 is 1.86. The van der Waals surface area contributed by atoms with Gasteiger partial charge < -0.3 is 15.1 Å². The molecule has 1 atom stereocenters. The minimum atomic E-state index is -0.972. The minimum Gasteiger partial charge on any atom is -0.386 e. The molecule has 2 N–H and O–H groups in total. The Morgan fingerprint density at radius 3 is 2.35 bits per heavy atom. The maximum Gasteiger partial charge on any atom is 0.253 e. The summed E-state index contributed by atoms with van der Waals surface area (Å²) >= 11 is 0. The predicted molar refractivity (Wildman–Crippen MR) is 118 cm³/mol. The van der Waals surface area contributed by atoms with Crippen molar-refractivity contribution < 1.29 is 15.0 Å². The Morgan fingerprint density at radius 2 is 1.71 bits per heavy atom. The normalized spacial score (nSPS) is 19.9. The molecule has 5 rings (SSSR count). The fraction of sp³-hybridized carbons (Fsp3) is 0.417. The number of carbonyl (C=O) groups is 1. The van der Waals surface area contributed by atoms with Crippen molar-refractivity contribution in [2.45, 2.75) is 31.1 Å². The van der Waals surface area contributed by atoms with Crippen LogP contribution in [-0.4, -0.2) is 73.7 Å². The van der Waals surface area contributed by atoms with Crippen molar-refractivity contribution >= 4 is 16.8 Å². The van der Waals surface area contributed by atoms with Crippen LogP contribution in [0.1, 0.15) is 29.6 Å². The molecule has 0 spiro atoms. The van der Waals surface area contributed by atoms with Gasteiger partial charge in [0.25, 0.3) is 5.91 Å². The highest BCUT2D eigenvalue weighted by Crippen LogP contribution is 2.36. The predicted octanol–water partition coefficient (Wildman–Crippen LogP) is 2.23. The van der Waals surface area contributed by atoms with Crippen LogP contribution in [0.25, 0.3) is 22.0 Å². The van der Waals surface area contributed by atoms with Gasteiger partial charge in [-0.2, -0.15) is 5.10 Å². The second kappa shape index (κ2) is 7.75. The first kappa shape index (κ1) is 20.2. The van der Waals surface area contributed by atoms with Gasteiger partial charge in [0.2, 0.25) is 0 Å². The zero-order valence-corrected chi connectivity index (χ0v) is 17.7. The molecule has 1 saturated carbocycles. The third-order valence-electron chi connectivity index (χ3n) is 6.86. The Bertz CT molecular complexity index is 1100. The summed E-state index contributed by atoms with van der Waals surface area (Å²) in [6.07, 6.45) is 3.26. The Hall–Kier alpha value is -2.74. The van der Waals surface area contributed by atoms with E-state index in [9.17, 15) is 15.0 Å². The van der Waals surface area contributed by atoms with Gasteiger partial charge in [-0.25, -0.2) is 0 Å². The van der Waals surface area contributed by atoms with E-state index in [0.29, 0.717) is 44.6 Å². The average Bonchev–Trinajstić information content (AvgIpc) is 3.17. The average molecular weight is 421 g/mol. The van der Waals surface area contributed by atoms with Gasteiger partial charge in [0, 0.05) is 44.2 Å². The molecule has 1 saturated heterocycles. The Kier molecular flexibility index (Phi) is 5.04. The lowest BCUT2D eigenvalue weighted by molar-refractivity contribution is -0.190. The van der Waals surface area contributed by atoms with Crippen molar-refractivity contribution in [1.82, 2.24) is 19.6 Å². The van der Waals surface area contributed by atoms with E-state index in [2.05, 4.69) is 23.3 Å². The summed E-state index contributed by atoms with van der Waals surface area (Å²) in [5.74, 6) is 0.00475. The number of amides is 1. The van der Waals surface area contributed by atoms with Crippen LogP contribution in [0.4, 0.5) is 0 Å². The Labute approximate surface area is 181 Å². The van der Waals surface area contributed by atoms with Crippen molar-refractivity contribution in [3.63, 3.8) is 0 Å². The number of hydrogen-bond donors (Lipinski definition) is 2. The maximum absolute atomic E-state index is 13.0. The number of carbonyl (C=O) groups excluding carboxylic acids is 1. The van der Waals surface area contributed by atoms with Gasteiger partial charge in [0.1, 0.15) is 11.8 Å². The van der Waals surface area contributed by atoms with Gasteiger partial charge >= 0.3 is 0 Å². The van der Waals surface area contributed by atoms with Crippen LogP contribution in [-0.2, 0) is 7.05 Å². The highest BCUT2D eigenvalue weighted by atomic mass is 16.4. The molecule has 7 heteroatoms. The number of aliphatic hydroxyl groups is 2. The molecule has 31 heavy (non-hydrogen) atoms. The van der Waals surface area contributed by atoms with E-state index in [-0.39, 0.29) is 5.91 Å². The molecule has 3 aromatic rings. The monoisotopic (exact) mass is 420 g/mol. The van der Waals surface area contributed by atoms with E-state index in [1.807, 2.05) is 52.0 Å². The standard InChI is InChI=1S/C24H28N4O3/c1-26-21-15-19(7-8-20(21)16-25-26)17-3-5-18(6-4-17)22(29)27-11-13-28(14-12-27)23(30)24(31)9-2-10-24/h3-8,15-16,23,30-31H,2,9-14H2,1H3. The molecule has 162 valence electrons. The van der Waals surface area contributed by atoms with Crippen molar-refractivity contribution in [3.05, 3.63) is 54.2 Å². The summed E-state index contributed by atoms with van der Waals surface area (Å²) in [5.41, 5.74) is 2.91. The fourth-order valence-electron chi connectivity index (χ4n) is 4.62. The van der Waals surface area contributed by atoms with Crippen LogP contribution in [0.3, 0.4) is 0 Å². The van der Waals surface area contributed by atoms with Gasteiger partial charge in [-0.05, 0) is 48.6 Å². The van der Waals surface area contributed by atoms with Gasteiger partial charge in [0.05, 0.1) is 11.7 Å². The summed E-state index contributed by atoms with van der Waals surface area (Å²) in [6.45, 7) is 2.23. The fourth-order valence-corrected chi connectivity index (χ4v) is 4.62. The molecule has 0 bridgehead atoms. The molecule has 0 radical (unpaired) electrons. The molecule has 1 amide bonds. The van der Waals surface area contributed by atoms with E-state index in [1.54, 1.807) is 0 Å². The first-order chi connectivity index (χ1) is 14.9. The smallest absolute Gasteiger partial charge is 0.253 e. The molecule has 1 aliphatic heterocycles. The number of fused-ring (bicyclic) bond motifs is 1. The topological polar surface area (TPSA) is 81.8 Å². The molecule has 1 unspecified atom stereocenters. The summed E-state index contributed by atoms with van der Waals surface area (Å²) in [4.78, 5) is 16.7. The van der Waals surface area contributed by atoms with Crippen molar-refractivity contribution in [2.24, 2.45) is 7.05 Å². The van der Waals surface area contributed by atoms with E-state index >= 15 is 0 Å². The van der Waals surface area contributed by atoms with Gasteiger partial charge in [-0.15, -0.1) is 0 Å². The molecule has 2 heterocycles. The van der Waals surface area contributed by atoms with Crippen molar-refractivity contribution in [3.8, 4) is 11.1 Å². The number of aryl methyl sites for hydroxylation is 1. The van der Waals surface area contributed by atoms with Gasteiger partial charge in [-0.1, -0.05) is 24.3 Å². The molecular weight excluding hydrogens is 392 g/mol. The third-order valence-corrected chi connectivity index (χ3v) is 6.86. The quantitative estimate of drug-likeness (QED) is 0.677. The van der Waals surface area contributed by atoms with Crippen LogP contribution < -0.4 is 0 Å². The lowest BCUT2D eigenvalue weighted by Gasteiger charge is -2.47. The van der Waals surface area contributed by atoms with Crippen LogP contribution in [0.2, 0.25) is 0 Å². The van der Waals surface area contributed by atoms with Gasteiger partial charge in [-0.3, -0.25) is 14.4 Å². The van der Waals surface area contributed by atoms with Gasteiger partial charge in [0.15, 0.2) is 0 Å². The summed E-state index contributed by atoms with van der Waals surface area (Å²) in [7, 11) is 1.93. The molecular formula is C24H28N4O3. The summed E-state index contributed by atoms with van der Waals surface area (Å²) in [5, 5.41) is 26.3. The van der Waals surface area contributed by atoms with Crippen molar-refractivity contribution in [1.29, 1.82) is 0 Å². The molecule has 2 aliphatic rings. The minimum absolute atomic E-state index is 0.00475. The largest absolute Gasteiger partial charge is 0.386 e. The molecule has 1 aliphatic carbocycles. The number of hydrogen-bond acceptors (Lipinski definition) is 5. The Balaban J connectivity index is 1.24. The van der Waals surface area contributed by atoms with Crippen LogP contribution in [0.15, 0.2) is 48.7 Å². The number of aromatic nitrogens is 2. The maximum atomic E-state index is 13.0. The third kappa shape index (κ3) is 3.63. The molecule has 2 fully saturated rings. The first-order valence-electron chi connectivity index (χ1n) is 10.9.